The van der Waals surface area contributed by atoms with Gasteiger partial charge in [-0.05, 0) is 12.8 Å². The highest BCUT2D eigenvalue weighted by Crippen LogP contribution is 2.23. The predicted octanol–water partition coefficient (Wildman–Crippen LogP) is 2.56. The van der Waals surface area contributed by atoms with Gasteiger partial charge in [-0.25, -0.2) is 4.79 Å². The Bertz CT molecular complexity index is 427. The molecule has 2 aliphatic rings. The molecule has 1 aliphatic heterocycles. The van der Waals surface area contributed by atoms with Gasteiger partial charge >= 0.3 is 5.97 Å². The van der Waals surface area contributed by atoms with Crippen molar-refractivity contribution >= 4 is 5.97 Å². The summed E-state index contributed by atoms with van der Waals surface area (Å²) in [5, 5.41) is 0. The normalized spacial score (nSPS) is 18.3. The third-order valence-corrected chi connectivity index (χ3v) is 2.52. The fourth-order valence-corrected chi connectivity index (χ4v) is 1.62. The van der Waals surface area contributed by atoms with Gasteiger partial charge < -0.3 is 14.2 Å². The molecule has 0 bridgehead atoms. The lowest BCUT2D eigenvalue weighted by atomic mass is 10.0. The number of esters is 1. The van der Waals surface area contributed by atoms with Crippen molar-refractivity contribution in [1.29, 1.82) is 0 Å². The smallest absolute Gasteiger partial charge is 0.377 e. The van der Waals surface area contributed by atoms with Crippen LogP contribution in [0.1, 0.15) is 19.3 Å². The van der Waals surface area contributed by atoms with Gasteiger partial charge in [0.25, 0.3) is 0 Å². The summed E-state index contributed by atoms with van der Waals surface area (Å²) in [6.07, 6.45) is 11.8. The number of hydrogen-bond donors (Lipinski definition) is 0. The van der Waals surface area contributed by atoms with Gasteiger partial charge in [-0.1, -0.05) is 23.8 Å². The molecular weight excluding hydrogens is 220 g/mol. The molecule has 90 valence electrons. The van der Waals surface area contributed by atoms with Crippen molar-refractivity contribution in [3.8, 4) is 0 Å². The molecule has 0 aromatic carbocycles. The Kier molecular flexibility index (Phi) is 3.65. The minimum Gasteiger partial charge on any atom is -0.463 e. The second-order valence-electron chi connectivity index (χ2n) is 3.76. The summed E-state index contributed by atoms with van der Waals surface area (Å²) < 4.78 is 15.0. The molecule has 0 spiro atoms. The van der Waals surface area contributed by atoms with E-state index in [1.807, 2.05) is 6.08 Å². The third-order valence-electron chi connectivity index (χ3n) is 2.52. The number of carbonyl (C=O) groups is 1. The molecule has 4 heteroatoms. The third kappa shape index (κ3) is 3.00. The van der Waals surface area contributed by atoms with E-state index in [0.29, 0.717) is 12.2 Å². The molecule has 0 N–H and O–H groups in total. The fourth-order valence-electron chi connectivity index (χ4n) is 1.62. The van der Waals surface area contributed by atoms with Crippen molar-refractivity contribution in [2.75, 3.05) is 7.11 Å². The monoisotopic (exact) mass is 234 g/mol. The van der Waals surface area contributed by atoms with Gasteiger partial charge in [0.2, 0.25) is 5.76 Å². The predicted molar refractivity (Wildman–Crippen MR) is 61.4 cm³/mol. The molecule has 4 nitrogen and oxygen atoms in total. The Balaban J connectivity index is 1.90. The van der Waals surface area contributed by atoms with E-state index < -0.39 is 5.97 Å². The lowest BCUT2D eigenvalue weighted by molar-refractivity contribution is -0.139. The van der Waals surface area contributed by atoms with Crippen LogP contribution in [-0.2, 0) is 19.0 Å². The van der Waals surface area contributed by atoms with Crippen molar-refractivity contribution in [3.05, 3.63) is 47.8 Å². The molecule has 0 saturated heterocycles. The first kappa shape index (κ1) is 11.5. The Morgan fingerprint density at radius 3 is 2.88 bits per heavy atom. The first-order chi connectivity index (χ1) is 8.29. The van der Waals surface area contributed by atoms with Crippen LogP contribution in [0.5, 0.6) is 0 Å². The number of methoxy groups -OCH3 is 1. The van der Waals surface area contributed by atoms with Gasteiger partial charge in [0, 0.05) is 6.42 Å². The van der Waals surface area contributed by atoms with Gasteiger partial charge in [-0.3, -0.25) is 0 Å². The zero-order valence-electron chi connectivity index (χ0n) is 9.64. The summed E-state index contributed by atoms with van der Waals surface area (Å²) >= 11 is 0. The van der Waals surface area contributed by atoms with Crippen LogP contribution in [0.4, 0.5) is 0 Å². The molecule has 17 heavy (non-hydrogen) atoms. The van der Waals surface area contributed by atoms with Crippen LogP contribution in [0.25, 0.3) is 0 Å². The van der Waals surface area contributed by atoms with Crippen LogP contribution in [0.3, 0.4) is 0 Å². The average molecular weight is 234 g/mol. The van der Waals surface area contributed by atoms with Crippen LogP contribution in [0, 0.1) is 0 Å². The lowest BCUT2D eigenvalue weighted by Crippen LogP contribution is -2.10. The Labute approximate surface area is 99.9 Å². The van der Waals surface area contributed by atoms with Gasteiger partial charge in [0.15, 0.2) is 0 Å². The van der Waals surface area contributed by atoms with Gasteiger partial charge in [0.1, 0.15) is 18.3 Å². The number of ether oxygens (including phenoxy) is 3. The van der Waals surface area contributed by atoms with Crippen molar-refractivity contribution in [2.45, 2.75) is 19.3 Å². The highest BCUT2D eigenvalue weighted by atomic mass is 16.6. The number of carbonyl (C=O) groups excluding carboxylic acids is 1. The molecule has 0 amide bonds. The van der Waals surface area contributed by atoms with Crippen molar-refractivity contribution in [2.24, 2.45) is 0 Å². The largest absolute Gasteiger partial charge is 0.463 e. The highest BCUT2D eigenvalue weighted by Gasteiger charge is 2.17. The number of allylic oxidation sites excluding steroid dienone is 4. The van der Waals surface area contributed by atoms with E-state index in [2.05, 4.69) is 16.9 Å². The van der Waals surface area contributed by atoms with Crippen LogP contribution < -0.4 is 0 Å². The molecule has 1 aliphatic carbocycles. The Morgan fingerprint density at radius 2 is 2.29 bits per heavy atom. The van der Waals surface area contributed by atoms with Crippen molar-refractivity contribution in [1.82, 2.24) is 0 Å². The SMILES string of the molecule is COC(=O)C1=COC(CC2=CC=CCC2)=CO1. The molecule has 0 atom stereocenters. The summed E-state index contributed by atoms with van der Waals surface area (Å²) in [6.45, 7) is 0. The highest BCUT2D eigenvalue weighted by molar-refractivity contribution is 5.86. The van der Waals surface area contributed by atoms with E-state index in [0.717, 1.165) is 12.8 Å². The van der Waals surface area contributed by atoms with E-state index in [1.54, 1.807) is 0 Å². The quantitative estimate of drug-likeness (QED) is 0.704. The summed E-state index contributed by atoms with van der Waals surface area (Å²) in [6, 6.07) is 0. The number of rotatable bonds is 3. The van der Waals surface area contributed by atoms with Crippen LogP contribution in [-0.4, -0.2) is 13.1 Å². The van der Waals surface area contributed by atoms with Crippen molar-refractivity contribution < 1.29 is 19.0 Å². The molecule has 0 aromatic rings. The molecule has 0 aromatic heterocycles. The van der Waals surface area contributed by atoms with E-state index in [-0.39, 0.29) is 5.76 Å². The molecule has 0 unspecified atom stereocenters. The van der Waals surface area contributed by atoms with E-state index in [1.165, 1.54) is 25.2 Å². The zero-order chi connectivity index (χ0) is 12.1. The maximum Gasteiger partial charge on any atom is 0.377 e. The summed E-state index contributed by atoms with van der Waals surface area (Å²) in [7, 11) is 1.30. The number of hydrogen-bond acceptors (Lipinski definition) is 4. The topological polar surface area (TPSA) is 44.8 Å². The molecule has 0 radical (unpaired) electrons. The average Bonchev–Trinajstić information content (AvgIpc) is 2.40. The molecule has 0 fully saturated rings. The first-order valence-corrected chi connectivity index (χ1v) is 5.45. The summed E-state index contributed by atoms with van der Waals surface area (Å²) in [5.74, 6) is 0.216. The van der Waals surface area contributed by atoms with Crippen LogP contribution in [0.2, 0.25) is 0 Å². The molecule has 1 heterocycles. The first-order valence-electron chi connectivity index (χ1n) is 5.45. The molecular formula is C13H14O4. The zero-order valence-corrected chi connectivity index (χ0v) is 9.64. The summed E-state index contributed by atoms with van der Waals surface area (Å²) in [5.41, 5.74) is 1.29. The lowest BCUT2D eigenvalue weighted by Gasteiger charge is -2.15. The Hall–Kier alpha value is -1.97. The summed E-state index contributed by atoms with van der Waals surface area (Å²) in [4.78, 5) is 11.1. The van der Waals surface area contributed by atoms with Gasteiger partial charge in [-0.2, -0.15) is 0 Å². The second-order valence-corrected chi connectivity index (χ2v) is 3.76. The van der Waals surface area contributed by atoms with Gasteiger partial charge in [-0.15, -0.1) is 0 Å². The van der Waals surface area contributed by atoms with E-state index in [4.69, 9.17) is 9.47 Å². The maximum atomic E-state index is 11.1. The molecule has 2 rings (SSSR count). The van der Waals surface area contributed by atoms with E-state index in [9.17, 15) is 4.79 Å². The fraction of sp³-hybridized carbons (Fsp3) is 0.308. The minimum atomic E-state index is -0.542. The minimum absolute atomic E-state index is 0.0637. The standard InChI is InChI=1S/C13H14O4/c1-15-13(14)12-9-16-11(8-17-12)7-10-5-3-2-4-6-10/h2-3,5,8-9H,4,6-7H2,1H3. The van der Waals surface area contributed by atoms with Crippen molar-refractivity contribution in [3.63, 3.8) is 0 Å². The van der Waals surface area contributed by atoms with E-state index >= 15 is 0 Å². The van der Waals surface area contributed by atoms with Crippen LogP contribution >= 0.6 is 0 Å². The van der Waals surface area contributed by atoms with Crippen LogP contribution in [0.15, 0.2) is 47.8 Å². The maximum absolute atomic E-state index is 11.1. The van der Waals surface area contributed by atoms with Gasteiger partial charge in [0.05, 0.1) is 7.11 Å². The second kappa shape index (κ2) is 5.39. The molecule has 0 saturated carbocycles. The Morgan fingerprint density at radius 1 is 1.41 bits per heavy atom.